The normalized spacial score (nSPS) is 10.7. The number of rotatable bonds is 3. The molecule has 2 rings (SSSR count). The van der Waals surface area contributed by atoms with E-state index < -0.39 is 6.04 Å². The second-order valence-corrected chi connectivity index (χ2v) is 3.22. The smallest absolute Gasteiger partial charge is 0.137 e. The van der Waals surface area contributed by atoms with Crippen molar-refractivity contribution in [3.63, 3.8) is 0 Å². The van der Waals surface area contributed by atoms with Crippen molar-refractivity contribution in [1.82, 2.24) is 9.97 Å². The highest BCUT2D eigenvalue weighted by molar-refractivity contribution is 5.80. The zero-order valence-electron chi connectivity index (χ0n) is 11.6. The molecule has 0 aliphatic carbocycles. The van der Waals surface area contributed by atoms with Gasteiger partial charge in [-0.05, 0) is 24.1 Å². The first kappa shape index (κ1) is 16.3. The van der Waals surface area contributed by atoms with Gasteiger partial charge in [-0.15, -0.1) is 0 Å². The molecule has 100 valence electrons. The molecule has 2 aromatic rings. The first-order valence-corrected chi connectivity index (χ1v) is 6.43. The molecule has 3 N–H and O–H groups in total. The van der Waals surface area contributed by atoms with Crippen LogP contribution in [0.5, 0.6) is 0 Å². The Morgan fingerprint density at radius 2 is 2.06 bits per heavy atom. The minimum absolute atomic E-state index is 0.436. The summed E-state index contributed by atoms with van der Waals surface area (Å²) in [6, 6.07) is 3.40. The third-order valence-electron chi connectivity index (χ3n) is 2.17. The Bertz CT molecular complexity index is 451. The third-order valence-corrected chi connectivity index (χ3v) is 2.17. The van der Waals surface area contributed by atoms with E-state index in [0.717, 1.165) is 22.9 Å². The number of fused-ring (bicyclic) bond motifs is 1. The van der Waals surface area contributed by atoms with Crippen LogP contribution in [0.25, 0.3) is 11.0 Å². The summed E-state index contributed by atoms with van der Waals surface area (Å²) in [5, 5.41) is 1.03. The Balaban J connectivity index is 0.000000659. The molecule has 0 aromatic carbocycles. The number of nitrogens with zero attached hydrogens (tertiary/aromatic N) is 1. The summed E-state index contributed by atoms with van der Waals surface area (Å²) in [6.45, 7) is 8.00. The lowest BCUT2D eigenvalue weighted by Crippen LogP contribution is -2.23. The van der Waals surface area contributed by atoms with E-state index in [2.05, 4.69) is 9.97 Å². The Morgan fingerprint density at radius 1 is 1.39 bits per heavy atom. The van der Waals surface area contributed by atoms with Crippen molar-refractivity contribution < 1.29 is 4.79 Å². The van der Waals surface area contributed by atoms with Crippen LogP contribution in [-0.2, 0) is 11.2 Å². The summed E-state index contributed by atoms with van der Waals surface area (Å²) in [5.74, 6) is 0. The van der Waals surface area contributed by atoms with Crippen LogP contribution in [-0.4, -0.2) is 22.3 Å². The number of carbonyl (C=O) groups excluding carboxylic acids is 1. The molecule has 2 heterocycles. The highest BCUT2D eigenvalue weighted by Crippen LogP contribution is 2.16. The molecule has 0 saturated heterocycles. The van der Waals surface area contributed by atoms with E-state index in [-0.39, 0.29) is 0 Å². The van der Waals surface area contributed by atoms with Gasteiger partial charge in [0.05, 0.1) is 6.04 Å². The standard InChI is InChI=1S/C10H11N3O.2C2H6/c11-8(6-14)4-7-5-13-10-9(7)2-1-3-12-10;2*1-2/h1-3,5-6,8H,4,11H2,(H,12,13);2*1-2H3. The molecule has 18 heavy (non-hydrogen) atoms. The number of aldehydes is 1. The molecule has 4 heteroatoms. The molecule has 0 bridgehead atoms. The van der Waals surface area contributed by atoms with Crippen molar-refractivity contribution in [2.24, 2.45) is 5.73 Å². The van der Waals surface area contributed by atoms with Gasteiger partial charge in [-0.3, -0.25) is 0 Å². The van der Waals surface area contributed by atoms with Crippen LogP contribution in [0.15, 0.2) is 24.5 Å². The largest absolute Gasteiger partial charge is 0.346 e. The van der Waals surface area contributed by atoms with E-state index in [9.17, 15) is 4.79 Å². The quantitative estimate of drug-likeness (QED) is 0.821. The predicted octanol–water partition coefficient (Wildman–Crippen LogP) is 2.68. The first-order valence-electron chi connectivity index (χ1n) is 6.43. The van der Waals surface area contributed by atoms with Gasteiger partial charge in [0.15, 0.2) is 0 Å². The van der Waals surface area contributed by atoms with Crippen LogP contribution in [0.3, 0.4) is 0 Å². The van der Waals surface area contributed by atoms with Gasteiger partial charge < -0.3 is 15.5 Å². The number of aromatic nitrogens is 2. The van der Waals surface area contributed by atoms with E-state index in [1.807, 2.05) is 46.0 Å². The van der Waals surface area contributed by atoms with Crippen LogP contribution in [0.1, 0.15) is 33.3 Å². The van der Waals surface area contributed by atoms with E-state index in [1.54, 1.807) is 6.20 Å². The second-order valence-electron chi connectivity index (χ2n) is 3.22. The first-order chi connectivity index (χ1) is 8.81. The van der Waals surface area contributed by atoms with Crippen molar-refractivity contribution in [2.75, 3.05) is 0 Å². The highest BCUT2D eigenvalue weighted by Gasteiger charge is 2.07. The predicted molar refractivity (Wildman–Crippen MR) is 76.5 cm³/mol. The van der Waals surface area contributed by atoms with Crippen LogP contribution in [0.4, 0.5) is 0 Å². The van der Waals surface area contributed by atoms with Gasteiger partial charge in [0.2, 0.25) is 0 Å². The number of H-pyrrole nitrogens is 1. The summed E-state index contributed by atoms with van der Waals surface area (Å²) >= 11 is 0. The summed E-state index contributed by atoms with van der Waals surface area (Å²) in [4.78, 5) is 17.6. The maximum atomic E-state index is 10.4. The molecule has 2 aromatic heterocycles. The molecule has 0 amide bonds. The van der Waals surface area contributed by atoms with E-state index in [4.69, 9.17) is 5.73 Å². The van der Waals surface area contributed by atoms with Crippen molar-refractivity contribution >= 4 is 17.3 Å². The molecule has 0 fully saturated rings. The zero-order valence-corrected chi connectivity index (χ0v) is 11.6. The van der Waals surface area contributed by atoms with Crippen LogP contribution in [0, 0.1) is 0 Å². The fourth-order valence-electron chi connectivity index (χ4n) is 1.48. The van der Waals surface area contributed by atoms with Gasteiger partial charge >= 0.3 is 0 Å². The van der Waals surface area contributed by atoms with Gasteiger partial charge in [0.1, 0.15) is 11.9 Å². The lowest BCUT2D eigenvalue weighted by molar-refractivity contribution is -0.108. The third kappa shape index (κ3) is 4.30. The molecular weight excluding hydrogens is 226 g/mol. The van der Waals surface area contributed by atoms with Gasteiger partial charge in [-0.2, -0.15) is 0 Å². The molecule has 0 spiro atoms. The Kier molecular flexibility index (Phi) is 8.49. The minimum atomic E-state index is -0.436. The number of nitrogens with two attached hydrogens (primary N) is 1. The highest BCUT2D eigenvalue weighted by atomic mass is 16.1. The molecule has 1 unspecified atom stereocenters. The molecule has 0 aliphatic heterocycles. The lowest BCUT2D eigenvalue weighted by atomic mass is 10.1. The molecular formula is C14H23N3O. The van der Waals surface area contributed by atoms with Gasteiger partial charge in [-0.1, -0.05) is 27.7 Å². The maximum absolute atomic E-state index is 10.4. The van der Waals surface area contributed by atoms with Crippen molar-refractivity contribution in [3.05, 3.63) is 30.1 Å². The van der Waals surface area contributed by atoms with E-state index in [0.29, 0.717) is 6.42 Å². The number of nitrogens with one attached hydrogen (secondary N) is 1. The SMILES string of the molecule is CC.CC.NC(C=O)Cc1c[nH]c2ncccc12. The van der Waals surface area contributed by atoms with Gasteiger partial charge in [-0.25, -0.2) is 4.98 Å². The van der Waals surface area contributed by atoms with Crippen LogP contribution < -0.4 is 5.73 Å². The van der Waals surface area contributed by atoms with Crippen molar-refractivity contribution in [1.29, 1.82) is 0 Å². The van der Waals surface area contributed by atoms with E-state index in [1.165, 1.54) is 0 Å². The maximum Gasteiger partial charge on any atom is 0.137 e. The molecule has 4 nitrogen and oxygen atoms in total. The average Bonchev–Trinajstić information content (AvgIpc) is 2.86. The molecule has 0 radical (unpaired) electrons. The molecule has 1 atom stereocenters. The Morgan fingerprint density at radius 3 is 2.67 bits per heavy atom. The summed E-state index contributed by atoms with van der Waals surface area (Å²) in [7, 11) is 0. The number of aromatic amines is 1. The monoisotopic (exact) mass is 249 g/mol. The lowest BCUT2D eigenvalue weighted by Gasteiger charge is -2.01. The number of hydrogen-bond donors (Lipinski definition) is 2. The minimum Gasteiger partial charge on any atom is -0.346 e. The van der Waals surface area contributed by atoms with Crippen LogP contribution in [0.2, 0.25) is 0 Å². The fourth-order valence-corrected chi connectivity index (χ4v) is 1.48. The van der Waals surface area contributed by atoms with E-state index >= 15 is 0 Å². The zero-order chi connectivity index (χ0) is 14.0. The fraction of sp³-hybridized carbons (Fsp3) is 0.429. The summed E-state index contributed by atoms with van der Waals surface area (Å²) in [5.41, 5.74) is 7.42. The Labute approximate surface area is 109 Å². The van der Waals surface area contributed by atoms with Gasteiger partial charge in [0, 0.05) is 17.8 Å². The van der Waals surface area contributed by atoms with Gasteiger partial charge in [0.25, 0.3) is 0 Å². The topological polar surface area (TPSA) is 71.8 Å². The van der Waals surface area contributed by atoms with Crippen molar-refractivity contribution in [2.45, 2.75) is 40.2 Å². The summed E-state index contributed by atoms with van der Waals surface area (Å²) < 4.78 is 0. The van der Waals surface area contributed by atoms with Crippen LogP contribution >= 0.6 is 0 Å². The van der Waals surface area contributed by atoms with Crippen molar-refractivity contribution in [3.8, 4) is 0 Å². The number of hydrogen-bond acceptors (Lipinski definition) is 3. The molecule has 0 saturated carbocycles. The second kappa shape index (κ2) is 9.36. The number of carbonyl (C=O) groups is 1. The summed E-state index contributed by atoms with van der Waals surface area (Å²) in [6.07, 6.45) is 4.88. The average molecular weight is 249 g/mol. The molecule has 0 aliphatic rings. The Hall–Kier alpha value is -1.68. The number of pyridine rings is 1.